The van der Waals surface area contributed by atoms with E-state index < -0.39 is 6.04 Å². The number of hydrogen-bond acceptors (Lipinski definition) is 5. The molecule has 0 saturated carbocycles. The molecule has 0 unspecified atom stereocenters. The first-order chi connectivity index (χ1) is 12.3. The van der Waals surface area contributed by atoms with E-state index in [0.717, 1.165) is 0 Å². The topological polar surface area (TPSA) is 79.0 Å². The van der Waals surface area contributed by atoms with Crippen LogP contribution in [0, 0.1) is 0 Å². The van der Waals surface area contributed by atoms with E-state index >= 15 is 0 Å². The second-order valence-electron chi connectivity index (χ2n) is 5.95. The first-order valence-electron chi connectivity index (χ1n) is 8.90. The summed E-state index contributed by atoms with van der Waals surface area (Å²) in [5, 5.41) is 2.77. The monoisotopic (exact) mass is 363 g/mol. The first-order valence-corrected chi connectivity index (χ1v) is 8.90. The Morgan fingerprint density at radius 2 is 1.81 bits per heavy atom. The van der Waals surface area contributed by atoms with Crippen molar-refractivity contribution in [1.29, 1.82) is 0 Å². The number of likely N-dealkylation sites (N-methyl/N-ethyl adjacent to an activating group) is 1. The van der Waals surface area contributed by atoms with Crippen molar-refractivity contribution in [3.63, 3.8) is 0 Å². The number of hydrogen-bond donors (Lipinski definition) is 1. The highest BCUT2D eigenvalue weighted by atomic mass is 16.5. The third-order valence-electron chi connectivity index (χ3n) is 4.13. The lowest BCUT2D eigenvalue weighted by Crippen LogP contribution is -2.41. The van der Waals surface area contributed by atoms with E-state index in [9.17, 15) is 14.4 Å². The highest BCUT2D eigenvalue weighted by Gasteiger charge is 2.21. The van der Waals surface area contributed by atoms with Crippen molar-refractivity contribution < 1.29 is 19.1 Å². The number of ether oxygens (including phenoxy) is 1. The molecular formula is C19H29N3O4. The van der Waals surface area contributed by atoms with E-state index in [2.05, 4.69) is 5.32 Å². The van der Waals surface area contributed by atoms with Gasteiger partial charge in [0, 0.05) is 24.3 Å². The Labute approximate surface area is 155 Å². The molecule has 7 heteroatoms. The van der Waals surface area contributed by atoms with Gasteiger partial charge in [-0.3, -0.25) is 19.3 Å². The van der Waals surface area contributed by atoms with E-state index in [0.29, 0.717) is 30.9 Å². The number of nitrogens with one attached hydrogen (secondary N) is 1. The molecule has 7 nitrogen and oxygen atoms in total. The molecule has 0 spiro atoms. The van der Waals surface area contributed by atoms with Crippen molar-refractivity contribution in [2.45, 2.75) is 33.7 Å². The van der Waals surface area contributed by atoms with E-state index in [1.54, 1.807) is 55.0 Å². The molecular weight excluding hydrogens is 334 g/mol. The molecule has 0 aliphatic carbocycles. The first kappa shape index (κ1) is 21.6. The Bertz CT molecular complexity index is 629. The molecule has 0 aromatic heterocycles. The van der Waals surface area contributed by atoms with Crippen LogP contribution >= 0.6 is 0 Å². The van der Waals surface area contributed by atoms with Crippen molar-refractivity contribution in [1.82, 2.24) is 9.80 Å². The average molecular weight is 363 g/mol. The molecule has 1 aromatic rings. The maximum absolute atomic E-state index is 12.4. The zero-order chi connectivity index (χ0) is 19.7. The second-order valence-corrected chi connectivity index (χ2v) is 5.95. The number of rotatable bonds is 9. The van der Waals surface area contributed by atoms with Crippen molar-refractivity contribution in [2.75, 3.05) is 38.6 Å². The third-order valence-corrected chi connectivity index (χ3v) is 4.13. The van der Waals surface area contributed by atoms with Gasteiger partial charge in [0.25, 0.3) is 5.91 Å². The number of anilines is 1. The summed E-state index contributed by atoms with van der Waals surface area (Å²) in [6.07, 6.45) is 0. The van der Waals surface area contributed by atoms with E-state index in [1.165, 1.54) is 0 Å². The summed E-state index contributed by atoms with van der Waals surface area (Å²) in [6.45, 7) is 8.87. The number of carbonyl (C=O) groups excluding carboxylic acids is 3. The van der Waals surface area contributed by atoms with Gasteiger partial charge in [0.1, 0.15) is 6.04 Å². The van der Waals surface area contributed by atoms with Gasteiger partial charge in [0.05, 0.1) is 13.2 Å². The van der Waals surface area contributed by atoms with E-state index in [-0.39, 0.29) is 24.3 Å². The quantitative estimate of drug-likeness (QED) is 0.679. The van der Waals surface area contributed by atoms with Gasteiger partial charge >= 0.3 is 5.97 Å². The molecule has 0 aliphatic rings. The lowest BCUT2D eigenvalue weighted by Gasteiger charge is -2.22. The van der Waals surface area contributed by atoms with Crippen molar-refractivity contribution in [3.8, 4) is 0 Å². The zero-order valence-electron chi connectivity index (χ0n) is 16.2. The van der Waals surface area contributed by atoms with Crippen LogP contribution < -0.4 is 5.32 Å². The zero-order valence-corrected chi connectivity index (χ0v) is 16.2. The standard InChI is InChI=1S/C19H29N3O4/c1-6-22(7-2)18(24)15-10-9-11-16(12-15)20-17(23)13-21(5)14(4)19(25)26-8-3/h9-12,14H,6-8,13H2,1-5H3,(H,20,23)/t14-/m0/s1. The van der Waals surface area contributed by atoms with Gasteiger partial charge in [0.2, 0.25) is 5.91 Å². The van der Waals surface area contributed by atoms with Gasteiger partial charge in [-0.1, -0.05) is 6.07 Å². The smallest absolute Gasteiger partial charge is 0.323 e. The van der Waals surface area contributed by atoms with Gasteiger partial charge < -0.3 is 15.0 Å². The molecule has 0 bridgehead atoms. The van der Waals surface area contributed by atoms with Crippen molar-refractivity contribution in [2.24, 2.45) is 0 Å². The van der Waals surface area contributed by atoms with Crippen LogP contribution in [0.5, 0.6) is 0 Å². The molecule has 1 atom stereocenters. The minimum Gasteiger partial charge on any atom is -0.465 e. The number of nitrogens with zero attached hydrogens (tertiary/aromatic N) is 2. The average Bonchev–Trinajstić information content (AvgIpc) is 2.62. The van der Waals surface area contributed by atoms with Gasteiger partial charge in [-0.2, -0.15) is 0 Å². The largest absolute Gasteiger partial charge is 0.465 e. The molecule has 26 heavy (non-hydrogen) atoms. The molecule has 0 aliphatic heterocycles. The Morgan fingerprint density at radius 3 is 2.38 bits per heavy atom. The summed E-state index contributed by atoms with van der Waals surface area (Å²) in [6, 6.07) is 6.33. The molecule has 2 amide bonds. The van der Waals surface area contributed by atoms with Crippen LogP contribution in [0.2, 0.25) is 0 Å². The fourth-order valence-electron chi connectivity index (χ4n) is 2.43. The molecule has 0 fully saturated rings. The summed E-state index contributed by atoms with van der Waals surface area (Å²) in [4.78, 5) is 39.7. The van der Waals surface area contributed by atoms with Crippen LogP contribution in [0.25, 0.3) is 0 Å². The second kappa shape index (κ2) is 10.6. The van der Waals surface area contributed by atoms with E-state index in [4.69, 9.17) is 4.74 Å². The number of carbonyl (C=O) groups is 3. The van der Waals surface area contributed by atoms with Crippen LogP contribution in [0.15, 0.2) is 24.3 Å². The summed E-state index contributed by atoms with van der Waals surface area (Å²) >= 11 is 0. The summed E-state index contributed by atoms with van der Waals surface area (Å²) in [7, 11) is 1.68. The molecule has 0 radical (unpaired) electrons. The fraction of sp³-hybridized carbons (Fsp3) is 0.526. The van der Waals surface area contributed by atoms with Crippen LogP contribution in [-0.4, -0.2) is 66.9 Å². The van der Waals surface area contributed by atoms with Crippen molar-refractivity contribution in [3.05, 3.63) is 29.8 Å². The molecule has 1 N–H and O–H groups in total. The summed E-state index contributed by atoms with van der Waals surface area (Å²) in [5.74, 6) is -0.704. The molecule has 0 heterocycles. The lowest BCUT2D eigenvalue weighted by molar-refractivity contribution is -0.148. The van der Waals surface area contributed by atoms with Crippen molar-refractivity contribution >= 4 is 23.5 Å². The molecule has 144 valence electrons. The Kier molecular flexibility index (Phi) is 8.78. The lowest BCUT2D eigenvalue weighted by atomic mass is 10.1. The minimum absolute atomic E-state index is 0.0359. The fourth-order valence-corrected chi connectivity index (χ4v) is 2.43. The van der Waals surface area contributed by atoms with Crippen LogP contribution in [0.4, 0.5) is 5.69 Å². The maximum atomic E-state index is 12.4. The molecule has 1 rings (SSSR count). The van der Waals surface area contributed by atoms with Gasteiger partial charge in [-0.05, 0) is 52.9 Å². The SMILES string of the molecule is CCOC(=O)[C@H](C)N(C)CC(=O)Nc1cccc(C(=O)N(CC)CC)c1. The third kappa shape index (κ3) is 6.15. The highest BCUT2D eigenvalue weighted by Crippen LogP contribution is 2.13. The number of amides is 2. The minimum atomic E-state index is -0.517. The summed E-state index contributed by atoms with van der Waals surface area (Å²) < 4.78 is 4.96. The van der Waals surface area contributed by atoms with Crippen LogP contribution in [0.1, 0.15) is 38.1 Å². The van der Waals surface area contributed by atoms with Gasteiger partial charge in [0.15, 0.2) is 0 Å². The highest BCUT2D eigenvalue weighted by molar-refractivity contribution is 5.97. The van der Waals surface area contributed by atoms with E-state index in [1.807, 2.05) is 13.8 Å². The normalized spacial score (nSPS) is 11.8. The Morgan fingerprint density at radius 1 is 1.15 bits per heavy atom. The molecule has 0 saturated heterocycles. The van der Waals surface area contributed by atoms with Crippen LogP contribution in [-0.2, 0) is 14.3 Å². The number of esters is 1. The maximum Gasteiger partial charge on any atom is 0.323 e. The number of benzene rings is 1. The van der Waals surface area contributed by atoms with Gasteiger partial charge in [-0.15, -0.1) is 0 Å². The van der Waals surface area contributed by atoms with Crippen LogP contribution in [0.3, 0.4) is 0 Å². The predicted molar refractivity (Wildman–Crippen MR) is 101 cm³/mol. The molecule has 1 aromatic carbocycles. The Balaban J connectivity index is 2.71. The predicted octanol–water partition coefficient (Wildman–Crippen LogP) is 1.99. The Hall–Kier alpha value is -2.41. The van der Waals surface area contributed by atoms with Gasteiger partial charge in [-0.25, -0.2) is 0 Å². The summed E-state index contributed by atoms with van der Waals surface area (Å²) in [5.41, 5.74) is 1.07.